The fourth-order valence-corrected chi connectivity index (χ4v) is 5.37. The van der Waals surface area contributed by atoms with Gasteiger partial charge in [-0.3, -0.25) is 4.79 Å². The topological polar surface area (TPSA) is 66.8 Å². The van der Waals surface area contributed by atoms with E-state index < -0.39 is 19.0 Å². The number of likely N-dealkylation sites (tertiary alicyclic amines) is 1. The summed E-state index contributed by atoms with van der Waals surface area (Å²) in [6.07, 6.45) is 8.65. The number of alkyl halides is 2. The number of carbonyl (C=O) groups is 1. The average Bonchev–Trinajstić information content (AvgIpc) is 3.12. The van der Waals surface area contributed by atoms with E-state index in [2.05, 4.69) is 19.5 Å². The number of imidazole rings is 1. The highest BCUT2D eigenvalue weighted by molar-refractivity contribution is 6.01. The smallest absolute Gasteiger partial charge is 0.282 e. The van der Waals surface area contributed by atoms with E-state index in [9.17, 15) is 13.6 Å². The molecule has 4 aliphatic rings. The van der Waals surface area contributed by atoms with Crippen LogP contribution in [0.25, 0.3) is 22.1 Å². The van der Waals surface area contributed by atoms with Gasteiger partial charge in [0.2, 0.25) is 5.91 Å². The predicted octanol–water partition coefficient (Wildman–Crippen LogP) is 2.66. The van der Waals surface area contributed by atoms with Gasteiger partial charge in [0.05, 0.1) is 31.1 Å². The van der Waals surface area contributed by atoms with Crippen molar-refractivity contribution in [2.45, 2.75) is 37.1 Å². The molecule has 26 heavy (non-hydrogen) atoms. The molecule has 0 radical (unpaired) electrons. The Kier molecular flexibility index (Phi) is 2.39. The summed E-state index contributed by atoms with van der Waals surface area (Å²) in [5.74, 6) is -2.82. The van der Waals surface area contributed by atoms with Crippen LogP contribution in [0.5, 0.6) is 0 Å². The predicted molar refractivity (Wildman–Crippen MR) is 89.8 cm³/mol. The largest absolute Gasteiger partial charge is 0.346 e. The molecular weight excluding hydrogens is 340 g/mol. The average molecular weight is 357 g/mol. The molecule has 1 saturated heterocycles. The number of hydrogen-bond acceptors (Lipinski definition) is 3. The van der Waals surface area contributed by atoms with Crippen molar-refractivity contribution < 1.29 is 13.6 Å². The van der Waals surface area contributed by atoms with Gasteiger partial charge in [-0.05, 0) is 30.7 Å². The second-order valence-corrected chi connectivity index (χ2v) is 8.38. The SMILES string of the molecule is O=C(CC12CC(n3cnc4cnc5[nH]ccc5c43)(C1)C2)N1CC(F)(F)C1. The highest BCUT2D eigenvalue weighted by Crippen LogP contribution is 2.73. The molecular formula is C18H17F2N5O. The molecule has 4 heterocycles. The lowest BCUT2D eigenvalue weighted by atomic mass is 9.38. The van der Waals surface area contributed by atoms with Crippen LogP contribution >= 0.6 is 0 Å². The van der Waals surface area contributed by atoms with Gasteiger partial charge in [0.25, 0.3) is 5.92 Å². The normalized spacial score (nSPS) is 31.5. The van der Waals surface area contributed by atoms with Crippen LogP contribution in [-0.4, -0.2) is 49.3 Å². The van der Waals surface area contributed by atoms with Crippen LogP contribution in [0, 0.1) is 5.41 Å². The Balaban J connectivity index is 1.24. The van der Waals surface area contributed by atoms with E-state index in [4.69, 9.17) is 0 Å². The van der Waals surface area contributed by atoms with Crippen molar-refractivity contribution in [1.29, 1.82) is 0 Å². The number of carbonyl (C=O) groups excluding carboxylic acids is 1. The molecule has 2 bridgehead atoms. The summed E-state index contributed by atoms with van der Waals surface area (Å²) in [5.41, 5.74) is 2.80. The van der Waals surface area contributed by atoms with Crippen LogP contribution in [0.3, 0.4) is 0 Å². The fourth-order valence-electron chi connectivity index (χ4n) is 5.37. The van der Waals surface area contributed by atoms with Crippen molar-refractivity contribution in [2.24, 2.45) is 5.41 Å². The number of nitrogens with zero attached hydrogens (tertiary/aromatic N) is 4. The first-order valence-electron chi connectivity index (χ1n) is 8.84. The Hall–Kier alpha value is -2.51. The summed E-state index contributed by atoms with van der Waals surface area (Å²) in [7, 11) is 0. The Bertz CT molecular complexity index is 1060. The summed E-state index contributed by atoms with van der Waals surface area (Å²) in [4.78, 5) is 25.5. The van der Waals surface area contributed by atoms with Gasteiger partial charge in [-0.1, -0.05) is 0 Å². The van der Waals surface area contributed by atoms with E-state index in [-0.39, 0.29) is 16.9 Å². The zero-order chi connectivity index (χ0) is 17.7. The third kappa shape index (κ3) is 1.72. The summed E-state index contributed by atoms with van der Waals surface area (Å²) >= 11 is 0. The highest BCUT2D eigenvalue weighted by atomic mass is 19.3. The lowest BCUT2D eigenvalue weighted by Gasteiger charge is -2.71. The van der Waals surface area contributed by atoms with Gasteiger partial charge in [-0.15, -0.1) is 0 Å². The number of nitrogens with one attached hydrogen (secondary N) is 1. The van der Waals surface area contributed by atoms with E-state index >= 15 is 0 Å². The second-order valence-electron chi connectivity index (χ2n) is 8.38. The molecule has 0 spiro atoms. The molecule has 6 nitrogen and oxygen atoms in total. The summed E-state index contributed by atoms with van der Waals surface area (Å²) in [5, 5.41) is 1.05. The Labute approximate surface area is 147 Å². The molecule has 3 aliphatic carbocycles. The second kappa shape index (κ2) is 4.24. The lowest BCUT2D eigenvalue weighted by Crippen LogP contribution is -2.69. The van der Waals surface area contributed by atoms with E-state index in [0.29, 0.717) is 6.42 Å². The van der Waals surface area contributed by atoms with Gasteiger partial charge in [0.1, 0.15) is 11.2 Å². The Morgan fingerprint density at radius 2 is 2.00 bits per heavy atom. The molecule has 8 heteroatoms. The molecule has 134 valence electrons. The van der Waals surface area contributed by atoms with Gasteiger partial charge in [-0.2, -0.15) is 0 Å². The highest BCUT2D eigenvalue weighted by Gasteiger charge is 2.69. The number of rotatable bonds is 3. The minimum absolute atomic E-state index is 0.0111. The maximum atomic E-state index is 13.0. The number of fused-ring (bicyclic) bond motifs is 3. The van der Waals surface area contributed by atoms with Crippen LogP contribution in [-0.2, 0) is 10.3 Å². The Morgan fingerprint density at radius 1 is 1.23 bits per heavy atom. The van der Waals surface area contributed by atoms with Crippen LogP contribution in [0.1, 0.15) is 25.7 Å². The van der Waals surface area contributed by atoms with E-state index in [1.807, 2.05) is 18.6 Å². The first kappa shape index (κ1) is 14.6. The van der Waals surface area contributed by atoms with Gasteiger partial charge in [-0.25, -0.2) is 18.7 Å². The number of amides is 1. The minimum Gasteiger partial charge on any atom is -0.346 e. The summed E-state index contributed by atoms with van der Waals surface area (Å²) in [6, 6.07) is 2.01. The molecule has 7 rings (SSSR count). The molecule has 3 aromatic heterocycles. The van der Waals surface area contributed by atoms with E-state index in [1.165, 1.54) is 4.90 Å². The van der Waals surface area contributed by atoms with Crippen molar-refractivity contribution in [3.8, 4) is 0 Å². The van der Waals surface area contributed by atoms with Crippen molar-refractivity contribution >= 4 is 28.0 Å². The maximum absolute atomic E-state index is 13.0. The number of H-pyrrole nitrogens is 1. The number of hydrogen-bond donors (Lipinski definition) is 1. The zero-order valence-corrected chi connectivity index (χ0v) is 14.0. The molecule has 3 aromatic rings. The van der Waals surface area contributed by atoms with Crippen molar-refractivity contribution in [3.05, 3.63) is 24.8 Å². The van der Waals surface area contributed by atoms with Gasteiger partial charge < -0.3 is 14.5 Å². The number of aromatic nitrogens is 4. The number of halogens is 2. The van der Waals surface area contributed by atoms with Crippen LogP contribution in [0.4, 0.5) is 8.78 Å². The van der Waals surface area contributed by atoms with Crippen molar-refractivity contribution in [1.82, 2.24) is 24.4 Å². The van der Waals surface area contributed by atoms with Crippen LogP contribution in [0.15, 0.2) is 24.8 Å². The van der Waals surface area contributed by atoms with Gasteiger partial charge >= 0.3 is 0 Å². The number of aromatic amines is 1. The van der Waals surface area contributed by atoms with Crippen LogP contribution < -0.4 is 0 Å². The first-order chi connectivity index (χ1) is 12.4. The quantitative estimate of drug-likeness (QED) is 0.784. The Morgan fingerprint density at radius 3 is 2.73 bits per heavy atom. The van der Waals surface area contributed by atoms with Crippen molar-refractivity contribution in [2.75, 3.05) is 13.1 Å². The fraction of sp³-hybridized carbons (Fsp3) is 0.500. The molecule has 3 saturated carbocycles. The third-order valence-electron chi connectivity index (χ3n) is 6.44. The van der Waals surface area contributed by atoms with Crippen molar-refractivity contribution in [3.63, 3.8) is 0 Å². The molecule has 0 unspecified atom stereocenters. The van der Waals surface area contributed by atoms with Crippen LogP contribution in [0.2, 0.25) is 0 Å². The summed E-state index contributed by atoms with van der Waals surface area (Å²) in [6.45, 7) is -0.838. The molecule has 4 fully saturated rings. The minimum atomic E-state index is -2.69. The van der Waals surface area contributed by atoms with Gasteiger partial charge in [0, 0.05) is 23.5 Å². The summed E-state index contributed by atoms with van der Waals surface area (Å²) < 4.78 is 28.2. The monoisotopic (exact) mass is 357 g/mol. The molecule has 0 aromatic carbocycles. The molecule has 1 aliphatic heterocycles. The molecule has 0 atom stereocenters. The third-order valence-corrected chi connectivity index (χ3v) is 6.44. The lowest BCUT2D eigenvalue weighted by molar-refractivity contribution is -0.204. The standard InChI is InChI=1S/C18H17F2N5O/c19-18(20)8-24(9-18)13(26)3-16-5-17(6-16,7-16)25-10-23-12-4-22-15-11(14(12)25)1-2-21-15/h1-2,4,10H,3,5-9H2,(H,21,22). The maximum Gasteiger partial charge on any atom is 0.282 e. The molecule has 1 N–H and O–H groups in total. The molecule has 1 amide bonds. The number of pyridine rings is 1. The van der Waals surface area contributed by atoms with E-state index in [0.717, 1.165) is 41.3 Å². The zero-order valence-electron chi connectivity index (χ0n) is 14.0. The first-order valence-corrected chi connectivity index (χ1v) is 8.84. The van der Waals surface area contributed by atoms with E-state index in [1.54, 1.807) is 6.20 Å². The van der Waals surface area contributed by atoms with Gasteiger partial charge in [0.15, 0.2) is 0 Å².